The van der Waals surface area contributed by atoms with Crippen molar-refractivity contribution < 1.29 is 4.79 Å². The molecule has 0 radical (unpaired) electrons. The van der Waals surface area contributed by atoms with E-state index in [4.69, 9.17) is 11.6 Å². The van der Waals surface area contributed by atoms with E-state index < -0.39 is 0 Å². The van der Waals surface area contributed by atoms with Crippen LogP contribution in [0.1, 0.15) is 31.1 Å². The summed E-state index contributed by atoms with van der Waals surface area (Å²) < 4.78 is 0. The van der Waals surface area contributed by atoms with Gasteiger partial charge in [0.25, 0.3) is 5.91 Å². The predicted molar refractivity (Wildman–Crippen MR) is 83.5 cm³/mol. The van der Waals surface area contributed by atoms with Gasteiger partial charge >= 0.3 is 0 Å². The average Bonchev–Trinajstić information content (AvgIpc) is 2.40. The molecule has 0 saturated heterocycles. The molecule has 0 spiro atoms. The topological polar surface area (TPSA) is 57.3 Å². The number of aromatic nitrogens is 1. The maximum Gasteiger partial charge on any atom is 0.253 e. The summed E-state index contributed by atoms with van der Waals surface area (Å²) in [6.07, 6.45) is 1.49. The Balaban J connectivity index is 2.60. The molecule has 0 fully saturated rings. The lowest BCUT2D eigenvalue weighted by Crippen LogP contribution is -2.36. The summed E-state index contributed by atoms with van der Waals surface area (Å²) in [7, 11) is 2.03. The molecular formula is C14H23ClN4O. The number of hydrogen-bond acceptors (Lipinski definition) is 4. The number of amides is 1. The SMILES string of the molecule is CCNc1cc(C(=O)NCCN(C)C(C)C)c(Cl)cn1. The number of hydrogen-bond donors (Lipinski definition) is 2. The fourth-order valence-electron chi connectivity index (χ4n) is 1.59. The van der Waals surface area contributed by atoms with Crippen LogP contribution in [0.15, 0.2) is 12.3 Å². The zero-order valence-electron chi connectivity index (χ0n) is 12.5. The summed E-state index contributed by atoms with van der Waals surface area (Å²) in [6, 6.07) is 2.13. The molecule has 0 unspecified atom stereocenters. The highest BCUT2D eigenvalue weighted by molar-refractivity contribution is 6.33. The first-order valence-corrected chi connectivity index (χ1v) is 7.21. The van der Waals surface area contributed by atoms with Gasteiger partial charge in [-0.1, -0.05) is 11.6 Å². The van der Waals surface area contributed by atoms with E-state index in [0.717, 1.165) is 13.1 Å². The second-order valence-corrected chi connectivity index (χ2v) is 5.32. The van der Waals surface area contributed by atoms with Crippen LogP contribution in [0.25, 0.3) is 0 Å². The molecule has 5 nitrogen and oxygen atoms in total. The van der Waals surface area contributed by atoms with E-state index in [2.05, 4.69) is 34.4 Å². The van der Waals surface area contributed by atoms with Crippen LogP contribution in [0, 0.1) is 0 Å². The van der Waals surface area contributed by atoms with Gasteiger partial charge in [-0.25, -0.2) is 4.98 Å². The molecule has 0 aliphatic carbocycles. The van der Waals surface area contributed by atoms with Crippen LogP contribution < -0.4 is 10.6 Å². The molecule has 1 amide bonds. The van der Waals surface area contributed by atoms with Crippen molar-refractivity contribution >= 4 is 23.3 Å². The first-order valence-electron chi connectivity index (χ1n) is 6.83. The van der Waals surface area contributed by atoms with Crippen LogP contribution >= 0.6 is 11.6 Å². The molecule has 1 aromatic rings. The highest BCUT2D eigenvalue weighted by Crippen LogP contribution is 2.17. The van der Waals surface area contributed by atoms with Crippen LogP contribution in [-0.2, 0) is 0 Å². The molecule has 20 heavy (non-hydrogen) atoms. The molecule has 1 rings (SSSR count). The maximum atomic E-state index is 12.1. The van der Waals surface area contributed by atoms with Gasteiger partial charge in [0.2, 0.25) is 0 Å². The number of rotatable bonds is 7. The van der Waals surface area contributed by atoms with Crippen molar-refractivity contribution in [2.24, 2.45) is 0 Å². The highest BCUT2D eigenvalue weighted by atomic mass is 35.5. The van der Waals surface area contributed by atoms with Crippen molar-refractivity contribution in [3.8, 4) is 0 Å². The molecule has 0 atom stereocenters. The van der Waals surface area contributed by atoms with Gasteiger partial charge in [-0.3, -0.25) is 4.79 Å². The molecule has 6 heteroatoms. The van der Waals surface area contributed by atoms with Crippen LogP contribution in [0.3, 0.4) is 0 Å². The van der Waals surface area contributed by atoms with E-state index in [0.29, 0.717) is 29.0 Å². The Hall–Kier alpha value is -1.33. The second kappa shape index (κ2) is 8.07. The average molecular weight is 299 g/mol. The summed E-state index contributed by atoms with van der Waals surface area (Å²) in [4.78, 5) is 18.4. The number of carbonyl (C=O) groups excluding carboxylic acids is 1. The van der Waals surface area contributed by atoms with Crippen molar-refractivity contribution in [1.29, 1.82) is 0 Å². The minimum absolute atomic E-state index is 0.172. The summed E-state index contributed by atoms with van der Waals surface area (Å²) in [5, 5.41) is 6.30. The molecule has 0 aliphatic rings. The number of nitrogens with one attached hydrogen (secondary N) is 2. The zero-order valence-corrected chi connectivity index (χ0v) is 13.3. The monoisotopic (exact) mass is 298 g/mol. The predicted octanol–water partition coefficient (Wildman–Crippen LogP) is 2.24. The first kappa shape index (κ1) is 16.7. The van der Waals surface area contributed by atoms with Gasteiger partial charge in [0.15, 0.2) is 0 Å². The van der Waals surface area contributed by atoms with Crippen molar-refractivity contribution in [1.82, 2.24) is 15.2 Å². The van der Waals surface area contributed by atoms with Gasteiger partial charge in [-0.15, -0.1) is 0 Å². The Morgan fingerprint density at radius 1 is 1.50 bits per heavy atom. The molecule has 1 aromatic heterocycles. The Bertz CT molecular complexity index is 451. The van der Waals surface area contributed by atoms with E-state index in [1.165, 1.54) is 6.20 Å². The Morgan fingerprint density at radius 2 is 2.20 bits per heavy atom. The first-order chi connectivity index (χ1) is 9.45. The molecule has 0 aromatic carbocycles. The van der Waals surface area contributed by atoms with Gasteiger partial charge in [-0.2, -0.15) is 0 Å². The lowest BCUT2D eigenvalue weighted by molar-refractivity contribution is 0.0948. The quantitative estimate of drug-likeness (QED) is 0.810. The number of nitrogens with zero attached hydrogens (tertiary/aromatic N) is 2. The maximum absolute atomic E-state index is 12.1. The molecular weight excluding hydrogens is 276 g/mol. The molecule has 0 saturated carbocycles. The van der Waals surface area contributed by atoms with Crippen molar-refractivity contribution in [2.75, 3.05) is 32.0 Å². The normalized spacial score (nSPS) is 10.9. The fourth-order valence-corrected chi connectivity index (χ4v) is 1.78. The van der Waals surface area contributed by atoms with Gasteiger partial charge in [-0.05, 0) is 33.9 Å². The third kappa shape index (κ3) is 4.98. The van der Waals surface area contributed by atoms with E-state index in [1.54, 1.807) is 6.07 Å². The van der Waals surface area contributed by atoms with E-state index in [1.807, 2.05) is 14.0 Å². The Morgan fingerprint density at radius 3 is 2.80 bits per heavy atom. The standard InChI is InChI=1S/C14H23ClN4O/c1-5-16-13-8-11(12(15)9-18-13)14(20)17-6-7-19(4)10(2)3/h8-10H,5-7H2,1-4H3,(H,16,18)(H,17,20). The Labute approximate surface area is 125 Å². The number of likely N-dealkylation sites (N-methyl/N-ethyl adjacent to an activating group) is 1. The van der Waals surface area contributed by atoms with Gasteiger partial charge < -0.3 is 15.5 Å². The van der Waals surface area contributed by atoms with Crippen LogP contribution in [0.5, 0.6) is 0 Å². The van der Waals surface area contributed by atoms with Gasteiger partial charge in [0.05, 0.1) is 10.6 Å². The highest BCUT2D eigenvalue weighted by Gasteiger charge is 2.12. The summed E-state index contributed by atoms with van der Waals surface area (Å²) in [6.45, 7) is 8.33. The second-order valence-electron chi connectivity index (χ2n) is 4.91. The van der Waals surface area contributed by atoms with E-state index in [9.17, 15) is 4.79 Å². The van der Waals surface area contributed by atoms with Crippen molar-refractivity contribution in [2.45, 2.75) is 26.8 Å². The third-order valence-corrected chi connectivity index (χ3v) is 3.39. The van der Waals surface area contributed by atoms with Crippen LogP contribution in [-0.4, -0.2) is 48.5 Å². The van der Waals surface area contributed by atoms with Crippen molar-refractivity contribution in [3.05, 3.63) is 22.8 Å². The van der Waals surface area contributed by atoms with Crippen LogP contribution in [0.2, 0.25) is 5.02 Å². The number of carbonyl (C=O) groups is 1. The minimum atomic E-state index is -0.172. The largest absolute Gasteiger partial charge is 0.370 e. The molecule has 0 aliphatic heterocycles. The van der Waals surface area contributed by atoms with E-state index >= 15 is 0 Å². The lowest BCUT2D eigenvalue weighted by atomic mass is 10.2. The smallest absolute Gasteiger partial charge is 0.253 e. The third-order valence-electron chi connectivity index (χ3n) is 3.09. The van der Waals surface area contributed by atoms with Gasteiger partial charge in [0.1, 0.15) is 5.82 Å². The van der Waals surface area contributed by atoms with Crippen molar-refractivity contribution in [3.63, 3.8) is 0 Å². The molecule has 0 bridgehead atoms. The fraction of sp³-hybridized carbons (Fsp3) is 0.571. The number of halogens is 1. The van der Waals surface area contributed by atoms with Gasteiger partial charge in [0, 0.05) is 31.9 Å². The van der Waals surface area contributed by atoms with E-state index in [-0.39, 0.29) is 5.91 Å². The molecule has 112 valence electrons. The Kier molecular flexibility index (Phi) is 6.75. The number of anilines is 1. The van der Waals surface area contributed by atoms with Crippen LogP contribution in [0.4, 0.5) is 5.82 Å². The molecule has 2 N–H and O–H groups in total. The molecule has 1 heterocycles. The lowest BCUT2D eigenvalue weighted by Gasteiger charge is -2.21. The zero-order chi connectivity index (χ0) is 15.1. The summed E-state index contributed by atoms with van der Waals surface area (Å²) in [5.74, 6) is 0.482. The summed E-state index contributed by atoms with van der Waals surface area (Å²) >= 11 is 6.02. The number of pyridine rings is 1. The minimum Gasteiger partial charge on any atom is -0.370 e. The summed E-state index contributed by atoms with van der Waals surface area (Å²) in [5.41, 5.74) is 0.449.